The molecule has 0 aromatic carbocycles. The molecule has 0 saturated carbocycles. The van der Waals surface area contributed by atoms with Crippen LogP contribution in [0.15, 0.2) is 18.2 Å². The number of hydrogen-bond acceptors (Lipinski definition) is 2. The van der Waals surface area contributed by atoms with Gasteiger partial charge in [-0.25, -0.2) is 9.78 Å². The molecule has 1 aromatic rings. The molecule has 2 N–H and O–H groups in total. The SMILES string of the molecule is CC(C)(C)NC(=O)Nc1cccc(C(C)(C)C)n1. The van der Waals surface area contributed by atoms with Gasteiger partial charge in [0.15, 0.2) is 0 Å². The second-order valence-electron chi connectivity index (χ2n) is 6.49. The second kappa shape index (κ2) is 4.96. The van der Waals surface area contributed by atoms with Crippen LogP contribution < -0.4 is 10.6 Å². The minimum absolute atomic E-state index is 0.0296. The number of amides is 2. The fourth-order valence-corrected chi connectivity index (χ4v) is 1.41. The molecular formula is C14H23N3O. The van der Waals surface area contributed by atoms with Crippen molar-refractivity contribution in [2.75, 3.05) is 5.32 Å². The third-order valence-corrected chi connectivity index (χ3v) is 2.25. The maximum absolute atomic E-state index is 11.7. The molecule has 1 heterocycles. The highest BCUT2D eigenvalue weighted by Crippen LogP contribution is 2.21. The zero-order valence-electron chi connectivity index (χ0n) is 12.1. The molecule has 0 aliphatic heterocycles. The van der Waals surface area contributed by atoms with E-state index >= 15 is 0 Å². The molecule has 0 atom stereocenters. The van der Waals surface area contributed by atoms with Gasteiger partial charge in [0.2, 0.25) is 0 Å². The molecule has 0 radical (unpaired) electrons. The Morgan fingerprint density at radius 2 is 1.72 bits per heavy atom. The number of rotatable bonds is 1. The quantitative estimate of drug-likeness (QED) is 0.802. The summed E-state index contributed by atoms with van der Waals surface area (Å²) in [5, 5.41) is 5.59. The number of nitrogens with one attached hydrogen (secondary N) is 2. The maximum Gasteiger partial charge on any atom is 0.320 e. The summed E-state index contributed by atoms with van der Waals surface area (Å²) in [4.78, 5) is 16.2. The van der Waals surface area contributed by atoms with Crippen LogP contribution in [-0.2, 0) is 5.41 Å². The highest BCUT2D eigenvalue weighted by Gasteiger charge is 2.17. The molecule has 0 saturated heterocycles. The molecule has 2 amide bonds. The van der Waals surface area contributed by atoms with Gasteiger partial charge in [0.05, 0.1) is 0 Å². The van der Waals surface area contributed by atoms with Crippen LogP contribution in [0.2, 0.25) is 0 Å². The molecule has 18 heavy (non-hydrogen) atoms. The second-order valence-corrected chi connectivity index (χ2v) is 6.49. The van der Waals surface area contributed by atoms with Gasteiger partial charge in [-0.1, -0.05) is 26.8 Å². The molecular weight excluding hydrogens is 226 g/mol. The molecule has 1 rings (SSSR count). The Bertz CT molecular complexity index is 427. The van der Waals surface area contributed by atoms with Crippen molar-refractivity contribution < 1.29 is 4.79 Å². The van der Waals surface area contributed by atoms with Crippen molar-refractivity contribution in [3.63, 3.8) is 0 Å². The van der Waals surface area contributed by atoms with Crippen molar-refractivity contribution in [3.05, 3.63) is 23.9 Å². The summed E-state index contributed by atoms with van der Waals surface area (Å²) in [6.45, 7) is 12.1. The van der Waals surface area contributed by atoms with Gasteiger partial charge in [-0.3, -0.25) is 5.32 Å². The molecule has 4 heteroatoms. The van der Waals surface area contributed by atoms with Gasteiger partial charge in [-0.2, -0.15) is 0 Å². The van der Waals surface area contributed by atoms with Crippen LogP contribution in [0.1, 0.15) is 47.2 Å². The van der Waals surface area contributed by atoms with Crippen LogP contribution in [0, 0.1) is 0 Å². The Morgan fingerprint density at radius 3 is 2.22 bits per heavy atom. The summed E-state index contributed by atoms with van der Waals surface area (Å²) in [7, 11) is 0. The first-order valence-corrected chi connectivity index (χ1v) is 6.15. The summed E-state index contributed by atoms with van der Waals surface area (Å²) in [5.74, 6) is 0.573. The van der Waals surface area contributed by atoms with E-state index in [-0.39, 0.29) is 17.0 Å². The van der Waals surface area contributed by atoms with E-state index in [1.807, 2.05) is 32.9 Å². The topological polar surface area (TPSA) is 54.0 Å². The van der Waals surface area contributed by atoms with E-state index in [4.69, 9.17) is 0 Å². The lowest BCUT2D eigenvalue weighted by atomic mass is 9.92. The number of pyridine rings is 1. The van der Waals surface area contributed by atoms with E-state index in [1.165, 1.54) is 0 Å². The third-order valence-electron chi connectivity index (χ3n) is 2.25. The largest absolute Gasteiger partial charge is 0.333 e. The van der Waals surface area contributed by atoms with E-state index < -0.39 is 0 Å². The Morgan fingerprint density at radius 1 is 1.11 bits per heavy atom. The zero-order valence-corrected chi connectivity index (χ0v) is 12.1. The number of carbonyl (C=O) groups is 1. The molecule has 0 fully saturated rings. The molecule has 0 aliphatic carbocycles. The summed E-state index contributed by atoms with van der Waals surface area (Å²) < 4.78 is 0. The lowest BCUT2D eigenvalue weighted by molar-refractivity contribution is 0.243. The first-order chi connectivity index (χ1) is 8.08. The summed E-state index contributed by atoms with van der Waals surface area (Å²) in [5.41, 5.74) is 0.667. The highest BCUT2D eigenvalue weighted by atomic mass is 16.2. The molecule has 4 nitrogen and oxygen atoms in total. The fraction of sp³-hybridized carbons (Fsp3) is 0.571. The number of nitrogens with zero attached hydrogens (tertiary/aromatic N) is 1. The molecule has 0 aliphatic rings. The first kappa shape index (κ1) is 14.5. The van der Waals surface area contributed by atoms with Crippen molar-refractivity contribution in [2.24, 2.45) is 0 Å². The molecule has 100 valence electrons. The predicted octanol–water partition coefficient (Wildman–Crippen LogP) is 3.30. The van der Waals surface area contributed by atoms with Gasteiger partial charge in [-0.05, 0) is 32.9 Å². The van der Waals surface area contributed by atoms with Crippen LogP contribution in [0.4, 0.5) is 10.6 Å². The van der Waals surface area contributed by atoms with E-state index in [0.717, 1.165) is 5.69 Å². The van der Waals surface area contributed by atoms with Crippen LogP contribution in [0.3, 0.4) is 0 Å². The van der Waals surface area contributed by atoms with Crippen LogP contribution in [-0.4, -0.2) is 16.6 Å². The Balaban J connectivity index is 2.77. The number of urea groups is 1. The molecule has 0 bridgehead atoms. The van der Waals surface area contributed by atoms with Crippen molar-refractivity contribution in [1.82, 2.24) is 10.3 Å². The smallest absolute Gasteiger partial charge is 0.320 e. The summed E-state index contributed by atoms with van der Waals surface area (Å²) in [6.07, 6.45) is 0. The Hall–Kier alpha value is -1.58. The van der Waals surface area contributed by atoms with Gasteiger partial charge < -0.3 is 5.32 Å². The van der Waals surface area contributed by atoms with Crippen LogP contribution in [0.5, 0.6) is 0 Å². The van der Waals surface area contributed by atoms with Crippen LogP contribution in [0.25, 0.3) is 0 Å². The van der Waals surface area contributed by atoms with E-state index in [0.29, 0.717) is 5.82 Å². The lowest BCUT2D eigenvalue weighted by Crippen LogP contribution is -2.43. The van der Waals surface area contributed by atoms with Crippen molar-refractivity contribution >= 4 is 11.8 Å². The van der Waals surface area contributed by atoms with E-state index in [9.17, 15) is 4.79 Å². The van der Waals surface area contributed by atoms with Gasteiger partial charge in [0.25, 0.3) is 0 Å². The predicted molar refractivity (Wildman–Crippen MR) is 74.8 cm³/mol. The molecule has 0 spiro atoms. The number of anilines is 1. The minimum atomic E-state index is -0.258. The number of hydrogen-bond donors (Lipinski definition) is 2. The third kappa shape index (κ3) is 4.73. The first-order valence-electron chi connectivity index (χ1n) is 6.15. The van der Waals surface area contributed by atoms with Crippen LogP contribution >= 0.6 is 0 Å². The number of aromatic nitrogens is 1. The average molecular weight is 249 g/mol. The number of carbonyl (C=O) groups excluding carboxylic acids is 1. The average Bonchev–Trinajstić information content (AvgIpc) is 2.13. The molecule has 0 unspecified atom stereocenters. The maximum atomic E-state index is 11.7. The van der Waals surface area contributed by atoms with E-state index in [2.05, 4.69) is 36.4 Å². The van der Waals surface area contributed by atoms with Crippen molar-refractivity contribution in [3.8, 4) is 0 Å². The lowest BCUT2D eigenvalue weighted by Gasteiger charge is -2.21. The minimum Gasteiger partial charge on any atom is -0.333 e. The normalized spacial score (nSPS) is 12.1. The summed E-state index contributed by atoms with van der Waals surface area (Å²) >= 11 is 0. The van der Waals surface area contributed by atoms with Gasteiger partial charge in [0.1, 0.15) is 5.82 Å². The molecule has 1 aromatic heterocycles. The fourth-order valence-electron chi connectivity index (χ4n) is 1.41. The summed E-state index contributed by atoms with van der Waals surface area (Å²) in [6, 6.07) is 5.42. The van der Waals surface area contributed by atoms with Crippen molar-refractivity contribution in [1.29, 1.82) is 0 Å². The van der Waals surface area contributed by atoms with Gasteiger partial charge >= 0.3 is 6.03 Å². The Kier molecular flexibility index (Phi) is 3.99. The zero-order chi connectivity index (χ0) is 14.0. The standard InChI is InChI=1S/C14H23N3O/c1-13(2,3)10-8-7-9-11(15-10)16-12(18)17-14(4,5)6/h7-9H,1-6H3,(H2,15,16,17,18). The Labute approximate surface area is 109 Å². The highest BCUT2D eigenvalue weighted by molar-refractivity contribution is 5.88. The monoisotopic (exact) mass is 249 g/mol. The van der Waals surface area contributed by atoms with E-state index in [1.54, 1.807) is 6.07 Å². The van der Waals surface area contributed by atoms with Gasteiger partial charge in [-0.15, -0.1) is 0 Å². The van der Waals surface area contributed by atoms with Gasteiger partial charge in [0, 0.05) is 16.6 Å². The van der Waals surface area contributed by atoms with Crippen molar-refractivity contribution in [2.45, 2.75) is 52.5 Å².